The average Bonchev–Trinajstić information content (AvgIpc) is 2.85. The number of nitro benzene ring substituents is 1. The van der Waals surface area contributed by atoms with Gasteiger partial charge in [0.25, 0.3) is 5.69 Å². The molecule has 1 heterocycles. The predicted molar refractivity (Wildman–Crippen MR) is 61.7 cm³/mol. The number of hydrogen-bond acceptors (Lipinski definition) is 7. The number of benzene rings is 1. The van der Waals surface area contributed by atoms with Crippen LogP contribution in [0, 0.1) is 10.1 Å². The number of rotatable bonds is 4. The van der Waals surface area contributed by atoms with Crippen molar-refractivity contribution in [1.29, 1.82) is 0 Å². The van der Waals surface area contributed by atoms with Crippen LogP contribution in [0.5, 0.6) is 0 Å². The minimum absolute atomic E-state index is 0.0568. The first kappa shape index (κ1) is 12.9. The second kappa shape index (κ2) is 5.41. The van der Waals surface area contributed by atoms with Crippen LogP contribution >= 0.6 is 0 Å². The van der Waals surface area contributed by atoms with E-state index in [2.05, 4.69) is 24.3 Å². The topological polar surface area (TPSA) is 144 Å². The van der Waals surface area contributed by atoms with Crippen LogP contribution in [-0.4, -0.2) is 23.8 Å². The highest BCUT2D eigenvalue weighted by Crippen LogP contribution is 2.23. The molecule has 11 heteroatoms. The summed E-state index contributed by atoms with van der Waals surface area (Å²) in [6, 6.07) is 5.26. The summed E-state index contributed by atoms with van der Waals surface area (Å²) in [5.74, 6) is 0.0568. The maximum atomic E-state index is 10.6. The van der Waals surface area contributed by atoms with Crippen molar-refractivity contribution in [2.24, 2.45) is 9.63 Å². The van der Waals surface area contributed by atoms with E-state index >= 15 is 0 Å². The second-order valence-electron chi connectivity index (χ2n) is 3.12. The van der Waals surface area contributed by atoms with Crippen molar-refractivity contribution in [3.8, 4) is 11.4 Å². The predicted octanol–water partition coefficient (Wildman–Crippen LogP) is 1.87. The molecule has 1 unspecified atom stereocenters. The Bertz CT molecular complexity index is 669. The van der Waals surface area contributed by atoms with Gasteiger partial charge in [-0.2, -0.15) is 4.98 Å². The molecule has 0 amide bonds. The summed E-state index contributed by atoms with van der Waals surface area (Å²) < 4.78 is 26.2. The molecule has 10 nitrogen and oxygen atoms in total. The van der Waals surface area contributed by atoms with Gasteiger partial charge in [-0.25, -0.2) is 4.21 Å². The zero-order valence-electron chi connectivity index (χ0n) is 9.03. The first-order chi connectivity index (χ1) is 9.06. The number of nitro groups is 1. The molecule has 0 aliphatic carbocycles. The van der Waals surface area contributed by atoms with E-state index in [-0.39, 0.29) is 17.5 Å². The molecular weight excluding hydrogens is 278 g/mol. The van der Waals surface area contributed by atoms with E-state index < -0.39 is 16.2 Å². The lowest BCUT2D eigenvalue weighted by Gasteiger charge is -1.93. The van der Waals surface area contributed by atoms with Crippen LogP contribution in [0.3, 0.4) is 0 Å². The van der Waals surface area contributed by atoms with Gasteiger partial charge in [-0.1, -0.05) is 26.9 Å². The molecule has 0 spiro atoms. The van der Waals surface area contributed by atoms with Crippen molar-refractivity contribution < 1.29 is 18.2 Å². The summed E-state index contributed by atoms with van der Waals surface area (Å²) in [5.41, 5.74) is 0.228. The maximum absolute atomic E-state index is 10.6. The molecule has 0 fully saturated rings. The Hall–Kier alpha value is -2.53. The highest BCUT2D eigenvalue weighted by atomic mass is 32.2. The monoisotopic (exact) mass is 283 g/mol. The fraction of sp³-hybridized carbons (Fsp3) is 0. The Labute approximate surface area is 107 Å². The molecule has 0 aliphatic rings. The Morgan fingerprint density at radius 1 is 1.47 bits per heavy atom. The zero-order chi connectivity index (χ0) is 13.8. The lowest BCUT2D eigenvalue weighted by atomic mass is 10.2. The summed E-state index contributed by atoms with van der Waals surface area (Å²) in [7, 11) is 0. The van der Waals surface area contributed by atoms with Crippen LogP contribution in [0.4, 0.5) is 11.7 Å². The highest BCUT2D eigenvalue weighted by molar-refractivity contribution is 7.77. The molecule has 2 rings (SSSR count). The molecule has 2 aromatic rings. The fourth-order valence-electron chi connectivity index (χ4n) is 1.20. The SMILES string of the molecule is O=[N+]([O-])c1cccc(-c2noc(/N=N/S(=O)O)n2)c1. The minimum atomic E-state index is -2.47. The zero-order valence-corrected chi connectivity index (χ0v) is 9.85. The Kier molecular flexibility index (Phi) is 3.68. The highest BCUT2D eigenvalue weighted by Gasteiger charge is 2.12. The van der Waals surface area contributed by atoms with Gasteiger partial charge in [0.15, 0.2) is 0 Å². The quantitative estimate of drug-likeness (QED) is 0.390. The van der Waals surface area contributed by atoms with Crippen LogP contribution < -0.4 is 0 Å². The number of nitrogens with zero attached hydrogens (tertiary/aromatic N) is 5. The molecule has 0 bridgehead atoms. The summed E-state index contributed by atoms with van der Waals surface area (Å²) in [4.78, 5) is 13.8. The van der Waals surface area contributed by atoms with Crippen molar-refractivity contribution in [2.75, 3.05) is 0 Å². The van der Waals surface area contributed by atoms with E-state index in [0.29, 0.717) is 5.56 Å². The third-order valence-electron chi connectivity index (χ3n) is 1.93. The standard InChI is InChI=1S/C8H5N5O5S/c14-13(15)6-3-1-2-5(4-6)7-9-8(18-11-7)10-12-19(16)17/h1-4H,(H,16,17)/b12-10+. The lowest BCUT2D eigenvalue weighted by molar-refractivity contribution is -0.384. The molecule has 98 valence electrons. The molecule has 19 heavy (non-hydrogen) atoms. The first-order valence-electron chi connectivity index (χ1n) is 4.67. The van der Waals surface area contributed by atoms with E-state index in [1.54, 1.807) is 6.07 Å². The van der Waals surface area contributed by atoms with E-state index in [1.807, 2.05) is 0 Å². The van der Waals surface area contributed by atoms with Crippen molar-refractivity contribution in [2.45, 2.75) is 0 Å². The van der Waals surface area contributed by atoms with Crippen molar-refractivity contribution in [3.05, 3.63) is 34.4 Å². The van der Waals surface area contributed by atoms with E-state index in [1.165, 1.54) is 18.2 Å². The van der Waals surface area contributed by atoms with Gasteiger partial charge in [0.2, 0.25) is 5.82 Å². The van der Waals surface area contributed by atoms with E-state index in [4.69, 9.17) is 4.55 Å². The first-order valence-corrected chi connectivity index (χ1v) is 5.74. The van der Waals surface area contributed by atoms with Gasteiger partial charge < -0.3 is 4.52 Å². The molecule has 0 radical (unpaired) electrons. The molecular formula is C8H5N5O5S. The van der Waals surface area contributed by atoms with Gasteiger partial charge >= 0.3 is 17.3 Å². The van der Waals surface area contributed by atoms with Gasteiger partial charge in [0, 0.05) is 17.7 Å². The average molecular weight is 283 g/mol. The molecule has 0 saturated carbocycles. The number of non-ortho nitro benzene ring substituents is 1. The number of aromatic nitrogens is 2. The third kappa shape index (κ3) is 3.23. The van der Waals surface area contributed by atoms with Crippen LogP contribution in [0.1, 0.15) is 0 Å². The Morgan fingerprint density at radius 2 is 2.26 bits per heavy atom. The summed E-state index contributed by atoms with van der Waals surface area (Å²) in [5, 5.41) is 17.3. The van der Waals surface area contributed by atoms with E-state index in [0.717, 1.165) is 0 Å². The van der Waals surface area contributed by atoms with Crippen molar-refractivity contribution >= 4 is 23.0 Å². The second-order valence-corrected chi connectivity index (χ2v) is 3.75. The van der Waals surface area contributed by atoms with Gasteiger partial charge in [0.1, 0.15) is 0 Å². The molecule has 1 aromatic carbocycles. The van der Waals surface area contributed by atoms with Crippen molar-refractivity contribution in [1.82, 2.24) is 10.1 Å². The van der Waals surface area contributed by atoms with Gasteiger partial charge in [0.05, 0.1) is 4.92 Å². The normalized spacial score (nSPS) is 12.7. The van der Waals surface area contributed by atoms with Gasteiger partial charge in [-0.3, -0.25) is 14.7 Å². The fourth-order valence-corrected chi connectivity index (χ4v) is 1.34. The smallest absolute Gasteiger partial charge is 0.311 e. The van der Waals surface area contributed by atoms with Crippen LogP contribution in [0.2, 0.25) is 0 Å². The van der Waals surface area contributed by atoms with Crippen LogP contribution in [-0.2, 0) is 11.3 Å². The van der Waals surface area contributed by atoms with Crippen LogP contribution in [0.25, 0.3) is 11.4 Å². The summed E-state index contributed by atoms with van der Waals surface area (Å²) >= 11 is -2.47. The molecule has 0 saturated heterocycles. The molecule has 1 N–H and O–H groups in total. The Balaban J connectivity index is 2.30. The maximum Gasteiger partial charge on any atom is 0.367 e. The van der Waals surface area contributed by atoms with Crippen molar-refractivity contribution in [3.63, 3.8) is 0 Å². The van der Waals surface area contributed by atoms with Crippen LogP contribution in [0.15, 0.2) is 38.4 Å². The Morgan fingerprint density at radius 3 is 2.95 bits per heavy atom. The van der Waals surface area contributed by atoms with Gasteiger partial charge in [-0.05, 0) is 0 Å². The minimum Gasteiger partial charge on any atom is -0.311 e. The van der Waals surface area contributed by atoms with E-state index in [9.17, 15) is 14.3 Å². The lowest BCUT2D eigenvalue weighted by Crippen LogP contribution is -1.88. The number of hydrogen-bond donors (Lipinski definition) is 1. The van der Waals surface area contributed by atoms with Gasteiger partial charge in [-0.15, -0.1) is 0 Å². The largest absolute Gasteiger partial charge is 0.367 e. The molecule has 1 atom stereocenters. The summed E-state index contributed by atoms with van der Waals surface area (Å²) in [6.07, 6.45) is 0. The molecule has 1 aromatic heterocycles. The molecule has 0 aliphatic heterocycles. The third-order valence-corrected chi connectivity index (χ3v) is 2.15. The summed E-state index contributed by atoms with van der Waals surface area (Å²) in [6.45, 7) is 0.